The van der Waals surface area contributed by atoms with Gasteiger partial charge in [-0.25, -0.2) is 4.98 Å². The number of carbonyl (C=O) groups excluding carboxylic acids is 1. The van der Waals surface area contributed by atoms with Crippen molar-refractivity contribution in [2.75, 3.05) is 6.54 Å². The van der Waals surface area contributed by atoms with Crippen LogP contribution in [0.2, 0.25) is 0 Å². The third-order valence-corrected chi connectivity index (χ3v) is 3.54. The minimum Gasteiger partial charge on any atom is -0.508 e. The highest BCUT2D eigenvalue weighted by molar-refractivity contribution is 7.09. The van der Waals surface area contributed by atoms with Crippen LogP contribution in [0, 0.1) is 6.92 Å². The van der Waals surface area contributed by atoms with Crippen LogP contribution in [0.3, 0.4) is 0 Å². The quantitative estimate of drug-likeness (QED) is 0.745. The number of aromatic hydroxyl groups is 2. The summed E-state index contributed by atoms with van der Waals surface area (Å²) in [5, 5.41) is 24.4. The summed E-state index contributed by atoms with van der Waals surface area (Å²) < 4.78 is 0. The molecule has 6 heteroatoms. The summed E-state index contributed by atoms with van der Waals surface area (Å²) in [5.74, 6) is -0.624. The Morgan fingerprint density at radius 1 is 1.42 bits per heavy atom. The number of aryl methyl sites for hydroxylation is 1. The Bertz CT molecular complexity index is 595. The summed E-state index contributed by atoms with van der Waals surface area (Å²) in [6, 6.07) is 3.84. The van der Waals surface area contributed by atoms with Gasteiger partial charge in [0.05, 0.1) is 10.6 Å². The average Bonchev–Trinajstić information content (AvgIpc) is 2.78. The van der Waals surface area contributed by atoms with Crippen molar-refractivity contribution in [3.8, 4) is 11.5 Å². The number of thiazole rings is 1. The molecule has 1 heterocycles. The first-order valence-electron chi connectivity index (χ1n) is 5.77. The lowest BCUT2D eigenvalue weighted by Crippen LogP contribution is -2.25. The third-order valence-electron chi connectivity index (χ3n) is 2.52. The topological polar surface area (TPSA) is 82.5 Å². The average molecular weight is 278 g/mol. The maximum Gasteiger partial charge on any atom is 0.255 e. The molecule has 0 unspecified atom stereocenters. The molecule has 2 aromatic rings. The van der Waals surface area contributed by atoms with E-state index in [1.54, 1.807) is 11.3 Å². The van der Waals surface area contributed by atoms with Crippen molar-refractivity contribution in [2.45, 2.75) is 13.3 Å². The van der Waals surface area contributed by atoms with E-state index in [4.69, 9.17) is 0 Å². The van der Waals surface area contributed by atoms with E-state index in [1.807, 2.05) is 12.3 Å². The Labute approximate surface area is 114 Å². The van der Waals surface area contributed by atoms with Crippen LogP contribution < -0.4 is 5.32 Å². The predicted molar refractivity (Wildman–Crippen MR) is 72.7 cm³/mol. The molecule has 3 N–H and O–H groups in total. The van der Waals surface area contributed by atoms with E-state index in [1.165, 1.54) is 18.2 Å². The number of nitrogens with one attached hydrogen (secondary N) is 1. The van der Waals surface area contributed by atoms with Crippen LogP contribution in [0.15, 0.2) is 23.6 Å². The SMILES string of the molecule is Cc1csc(CCNC(=O)c2cc(O)ccc2O)n1. The van der Waals surface area contributed by atoms with Crippen molar-refractivity contribution < 1.29 is 15.0 Å². The standard InChI is InChI=1S/C13H14N2O3S/c1-8-7-19-12(15-8)4-5-14-13(18)10-6-9(16)2-3-11(10)17/h2-3,6-7,16-17H,4-5H2,1H3,(H,14,18). The van der Waals surface area contributed by atoms with Crippen LogP contribution in [0.25, 0.3) is 0 Å². The molecule has 0 radical (unpaired) electrons. The van der Waals surface area contributed by atoms with Gasteiger partial charge >= 0.3 is 0 Å². The molecule has 1 amide bonds. The third kappa shape index (κ3) is 3.45. The molecule has 0 bridgehead atoms. The number of benzene rings is 1. The van der Waals surface area contributed by atoms with E-state index in [-0.39, 0.29) is 17.1 Å². The molecule has 0 saturated heterocycles. The van der Waals surface area contributed by atoms with E-state index in [2.05, 4.69) is 10.3 Å². The van der Waals surface area contributed by atoms with Crippen LogP contribution in [-0.2, 0) is 6.42 Å². The summed E-state index contributed by atoms with van der Waals surface area (Å²) in [7, 11) is 0. The molecule has 19 heavy (non-hydrogen) atoms. The van der Waals surface area contributed by atoms with Gasteiger partial charge in [-0.05, 0) is 25.1 Å². The Morgan fingerprint density at radius 3 is 2.89 bits per heavy atom. The molecule has 1 aromatic carbocycles. The predicted octanol–water partition coefficient (Wildman–Crippen LogP) is 1.84. The molecule has 0 spiro atoms. The van der Waals surface area contributed by atoms with E-state index in [0.717, 1.165) is 10.7 Å². The van der Waals surface area contributed by atoms with E-state index in [0.29, 0.717) is 13.0 Å². The number of hydrogen-bond acceptors (Lipinski definition) is 5. The molecule has 0 aliphatic rings. The van der Waals surface area contributed by atoms with Gasteiger partial charge in [-0.2, -0.15) is 0 Å². The zero-order valence-electron chi connectivity index (χ0n) is 10.4. The summed E-state index contributed by atoms with van der Waals surface area (Å²) in [6.07, 6.45) is 0.643. The number of hydrogen-bond donors (Lipinski definition) is 3. The van der Waals surface area contributed by atoms with Crippen LogP contribution in [0.4, 0.5) is 0 Å². The molecule has 1 aromatic heterocycles. The fourth-order valence-electron chi connectivity index (χ4n) is 1.60. The number of rotatable bonds is 4. The normalized spacial score (nSPS) is 10.4. The van der Waals surface area contributed by atoms with E-state index in [9.17, 15) is 15.0 Å². The first-order chi connectivity index (χ1) is 9.06. The summed E-state index contributed by atoms with van der Waals surface area (Å²) in [6.45, 7) is 2.35. The molecule has 0 saturated carbocycles. The minimum atomic E-state index is -0.415. The first-order valence-corrected chi connectivity index (χ1v) is 6.65. The molecular weight excluding hydrogens is 264 g/mol. The number of phenols is 2. The fourth-order valence-corrected chi connectivity index (χ4v) is 2.38. The Hall–Kier alpha value is -2.08. The second kappa shape index (κ2) is 5.71. The van der Waals surface area contributed by atoms with Crippen molar-refractivity contribution in [3.63, 3.8) is 0 Å². The van der Waals surface area contributed by atoms with Crippen molar-refractivity contribution >= 4 is 17.2 Å². The lowest BCUT2D eigenvalue weighted by molar-refractivity contribution is 0.0951. The van der Waals surface area contributed by atoms with Gasteiger partial charge in [0, 0.05) is 24.0 Å². The van der Waals surface area contributed by atoms with Gasteiger partial charge in [-0.1, -0.05) is 0 Å². The fraction of sp³-hybridized carbons (Fsp3) is 0.231. The van der Waals surface area contributed by atoms with Crippen LogP contribution in [0.5, 0.6) is 11.5 Å². The van der Waals surface area contributed by atoms with Crippen LogP contribution in [0.1, 0.15) is 21.1 Å². The molecule has 0 fully saturated rings. The molecule has 2 rings (SSSR count). The number of phenolic OH excluding ortho intramolecular Hbond substituents is 2. The lowest BCUT2D eigenvalue weighted by Gasteiger charge is -2.06. The minimum absolute atomic E-state index is 0.0569. The van der Waals surface area contributed by atoms with E-state index < -0.39 is 5.91 Å². The summed E-state index contributed by atoms with van der Waals surface area (Å²) >= 11 is 1.55. The smallest absolute Gasteiger partial charge is 0.255 e. The van der Waals surface area contributed by atoms with Crippen molar-refractivity contribution in [1.29, 1.82) is 0 Å². The maximum absolute atomic E-state index is 11.8. The molecule has 0 atom stereocenters. The number of carbonyl (C=O) groups is 1. The Kier molecular flexibility index (Phi) is 4.01. The Morgan fingerprint density at radius 2 is 2.21 bits per heavy atom. The van der Waals surface area contributed by atoms with Crippen molar-refractivity contribution in [2.24, 2.45) is 0 Å². The molecule has 0 aliphatic carbocycles. The van der Waals surface area contributed by atoms with Crippen molar-refractivity contribution in [1.82, 2.24) is 10.3 Å². The molecule has 5 nitrogen and oxygen atoms in total. The van der Waals surface area contributed by atoms with Gasteiger partial charge in [0.25, 0.3) is 5.91 Å². The molecule has 100 valence electrons. The Balaban J connectivity index is 1.92. The number of aromatic nitrogens is 1. The van der Waals surface area contributed by atoms with Gasteiger partial charge < -0.3 is 15.5 Å². The van der Waals surface area contributed by atoms with Gasteiger partial charge in [-0.3, -0.25) is 4.79 Å². The second-order valence-electron chi connectivity index (χ2n) is 4.09. The number of nitrogens with zero attached hydrogens (tertiary/aromatic N) is 1. The number of amides is 1. The zero-order chi connectivity index (χ0) is 13.8. The summed E-state index contributed by atoms with van der Waals surface area (Å²) in [4.78, 5) is 16.1. The van der Waals surface area contributed by atoms with E-state index >= 15 is 0 Å². The monoisotopic (exact) mass is 278 g/mol. The van der Waals surface area contributed by atoms with Gasteiger partial charge in [-0.15, -0.1) is 11.3 Å². The maximum atomic E-state index is 11.8. The van der Waals surface area contributed by atoms with Gasteiger partial charge in [0.15, 0.2) is 0 Å². The first kappa shape index (κ1) is 13.4. The zero-order valence-corrected chi connectivity index (χ0v) is 11.2. The summed E-state index contributed by atoms with van der Waals surface area (Å²) in [5.41, 5.74) is 1.03. The van der Waals surface area contributed by atoms with Crippen LogP contribution >= 0.6 is 11.3 Å². The second-order valence-corrected chi connectivity index (χ2v) is 5.03. The van der Waals surface area contributed by atoms with Gasteiger partial charge in [0.1, 0.15) is 11.5 Å². The van der Waals surface area contributed by atoms with Crippen molar-refractivity contribution in [3.05, 3.63) is 39.8 Å². The lowest BCUT2D eigenvalue weighted by atomic mass is 10.1. The van der Waals surface area contributed by atoms with Gasteiger partial charge in [0.2, 0.25) is 0 Å². The highest BCUT2D eigenvalue weighted by Gasteiger charge is 2.11. The molecular formula is C13H14N2O3S. The van der Waals surface area contributed by atoms with Crippen LogP contribution in [-0.4, -0.2) is 27.6 Å². The molecule has 0 aliphatic heterocycles. The highest BCUT2D eigenvalue weighted by atomic mass is 32.1. The highest BCUT2D eigenvalue weighted by Crippen LogP contribution is 2.21. The largest absolute Gasteiger partial charge is 0.508 e.